The smallest absolute Gasteiger partial charge is 0.267 e. The molecule has 0 bridgehead atoms. The SMILES string of the molecule is Cn1cc(Cn2nc(N)ccc2=O)cn1. The third-order valence-corrected chi connectivity index (χ3v) is 1.98. The molecule has 0 amide bonds. The van der Waals surface area contributed by atoms with Gasteiger partial charge in [-0.3, -0.25) is 9.48 Å². The molecule has 0 radical (unpaired) electrons. The van der Waals surface area contributed by atoms with Crippen LogP contribution in [0.5, 0.6) is 0 Å². The predicted molar refractivity (Wildman–Crippen MR) is 55.2 cm³/mol. The van der Waals surface area contributed by atoms with Gasteiger partial charge in [0, 0.05) is 24.9 Å². The maximum absolute atomic E-state index is 11.4. The van der Waals surface area contributed by atoms with E-state index < -0.39 is 0 Å². The Morgan fingerprint density at radius 2 is 2.27 bits per heavy atom. The van der Waals surface area contributed by atoms with Crippen molar-refractivity contribution in [3.63, 3.8) is 0 Å². The van der Waals surface area contributed by atoms with Gasteiger partial charge in [-0.25, -0.2) is 4.68 Å². The summed E-state index contributed by atoms with van der Waals surface area (Å²) in [6, 6.07) is 2.89. The molecule has 2 rings (SSSR count). The number of nitrogens with two attached hydrogens (primary N) is 1. The van der Waals surface area contributed by atoms with Crippen LogP contribution in [0.4, 0.5) is 5.82 Å². The van der Waals surface area contributed by atoms with Crippen LogP contribution < -0.4 is 11.3 Å². The topological polar surface area (TPSA) is 78.7 Å². The van der Waals surface area contributed by atoms with E-state index in [-0.39, 0.29) is 5.56 Å². The van der Waals surface area contributed by atoms with Crippen molar-refractivity contribution < 1.29 is 0 Å². The fourth-order valence-electron chi connectivity index (χ4n) is 1.30. The first-order valence-corrected chi connectivity index (χ1v) is 4.46. The molecule has 6 heteroatoms. The molecule has 0 unspecified atom stereocenters. The van der Waals surface area contributed by atoms with Gasteiger partial charge in [0.1, 0.15) is 5.82 Å². The number of anilines is 1. The number of aryl methyl sites for hydroxylation is 1. The van der Waals surface area contributed by atoms with Gasteiger partial charge >= 0.3 is 0 Å². The Labute approximate surface area is 85.9 Å². The van der Waals surface area contributed by atoms with E-state index >= 15 is 0 Å². The molecule has 0 aliphatic heterocycles. The molecule has 6 nitrogen and oxygen atoms in total. The lowest BCUT2D eigenvalue weighted by atomic mass is 10.3. The van der Waals surface area contributed by atoms with E-state index in [1.54, 1.807) is 10.9 Å². The van der Waals surface area contributed by atoms with Gasteiger partial charge in [-0.15, -0.1) is 0 Å². The van der Waals surface area contributed by atoms with Crippen LogP contribution in [0.15, 0.2) is 29.3 Å². The Kier molecular flexibility index (Phi) is 2.24. The summed E-state index contributed by atoms with van der Waals surface area (Å²) in [6.07, 6.45) is 3.52. The van der Waals surface area contributed by atoms with E-state index in [9.17, 15) is 4.79 Å². The molecule has 78 valence electrons. The highest BCUT2D eigenvalue weighted by molar-refractivity contribution is 5.23. The highest BCUT2D eigenvalue weighted by Crippen LogP contribution is 1.98. The molecule has 15 heavy (non-hydrogen) atoms. The van der Waals surface area contributed by atoms with Crippen molar-refractivity contribution in [1.82, 2.24) is 19.6 Å². The van der Waals surface area contributed by atoms with E-state index in [0.29, 0.717) is 12.4 Å². The highest BCUT2D eigenvalue weighted by atomic mass is 16.1. The van der Waals surface area contributed by atoms with Crippen LogP contribution in [-0.4, -0.2) is 19.6 Å². The Hall–Kier alpha value is -2.11. The number of nitrogens with zero attached hydrogens (tertiary/aromatic N) is 4. The Balaban J connectivity index is 2.31. The zero-order valence-corrected chi connectivity index (χ0v) is 8.29. The van der Waals surface area contributed by atoms with Crippen LogP contribution in [0.2, 0.25) is 0 Å². The monoisotopic (exact) mass is 205 g/mol. The molecule has 0 atom stereocenters. The lowest BCUT2D eigenvalue weighted by molar-refractivity contribution is 0.643. The average molecular weight is 205 g/mol. The van der Waals surface area contributed by atoms with Crippen LogP contribution in [0.1, 0.15) is 5.56 Å². The van der Waals surface area contributed by atoms with Crippen LogP contribution in [0.25, 0.3) is 0 Å². The van der Waals surface area contributed by atoms with Crippen molar-refractivity contribution in [3.05, 3.63) is 40.4 Å². The van der Waals surface area contributed by atoms with Crippen molar-refractivity contribution in [2.45, 2.75) is 6.54 Å². The minimum absolute atomic E-state index is 0.173. The fraction of sp³-hybridized carbons (Fsp3) is 0.222. The van der Waals surface area contributed by atoms with Crippen molar-refractivity contribution in [3.8, 4) is 0 Å². The van der Waals surface area contributed by atoms with Crippen molar-refractivity contribution in [1.29, 1.82) is 0 Å². The van der Waals surface area contributed by atoms with Gasteiger partial charge in [0.05, 0.1) is 12.7 Å². The zero-order valence-electron chi connectivity index (χ0n) is 8.29. The molecule has 0 saturated heterocycles. The van der Waals surface area contributed by atoms with E-state index in [1.165, 1.54) is 16.8 Å². The molecule has 2 aromatic heterocycles. The number of hydrogen-bond donors (Lipinski definition) is 1. The molecule has 0 spiro atoms. The molecule has 0 saturated carbocycles. The molecular weight excluding hydrogens is 194 g/mol. The molecule has 0 fully saturated rings. The first-order valence-electron chi connectivity index (χ1n) is 4.46. The third kappa shape index (κ3) is 2.04. The zero-order chi connectivity index (χ0) is 10.8. The fourth-order valence-corrected chi connectivity index (χ4v) is 1.30. The van der Waals surface area contributed by atoms with E-state index in [2.05, 4.69) is 10.2 Å². The summed E-state index contributed by atoms with van der Waals surface area (Å²) in [5, 5.41) is 7.93. The Morgan fingerprint density at radius 3 is 2.93 bits per heavy atom. The predicted octanol–water partition coefficient (Wildman–Crippen LogP) is -0.393. The quantitative estimate of drug-likeness (QED) is 0.724. The summed E-state index contributed by atoms with van der Waals surface area (Å²) in [4.78, 5) is 11.4. The average Bonchev–Trinajstić information content (AvgIpc) is 2.58. The standard InChI is InChI=1S/C9H11N5O/c1-13-5-7(4-11-13)6-14-9(15)3-2-8(10)12-14/h2-5H,6H2,1H3,(H2,10,12). The summed E-state index contributed by atoms with van der Waals surface area (Å²) in [6.45, 7) is 0.387. The van der Waals surface area contributed by atoms with Gasteiger partial charge in [0.25, 0.3) is 5.56 Å². The number of hydrogen-bond acceptors (Lipinski definition) is 4. The second-order valence-corrected chi connectivity index (χ2v) is 3.28. The van der Waals surface area contributed by atoms with Crippen LogP contribution >= 0.6 is 0 Å². The summed E-state index contributed by atoms with van der Waals surface area (Å²) in [5.41, 5.74) is 6.24. The van der Waals surface area contributed by atoms with Crippen molar-refractivity contribution >= 4 is 5.82 Å². The van der Waals surface area contributed by atoms with E-state index in [1.807, 2.05) is 13.2 Å². The Bertz CT molecular complexity index is 527. The summed E-state index contributed by atoms with van der Waals surface area (Å²) < 4.78 is 2.99. The maximum atomic E-state index is 11.4. The summed E-state index contributed by atoms with van der Waals surface area (Å²) in [7, 11) is 1.82. The van der Waals surface area contributed by atoms with Crippen LogP contribution in [-0.2, 0) is 13.6 Å². The minimum atomic E-state index is -0.173. The van der Waals surface area contributed by atoms with Crippen LogP contribution in [0, 0.1) is 0 Å². The largest absolute Gasteiger partial charge is 0.382 e. The molecule has 0 aromatic carbocycles. The van der Waals surface area contributed by atoms with Gasteiger partial charge in [-0.2, -0.15) is 10.2 Å². The van der Waals surface area contributed by atoms with E-state index in [4.69, 9.17) is 5.73 Å². The van der Waals surface area contributed by atoms with Crippen LogP contribution in [0.3, 0.4) is 0 Å². The van der Waals surface area contributed by atoms with Crippen molar-refractivity contribution in [2.24, 2.45) is 7.05 Å². The van der Waals surface area contributed by atoms with Gasteiger partial charge in [-0.05, 0) is 6.07 Å². The molecular formula is C9H11N5O. The highest BCUT2D eigenvalue weighted by Gasteiger charge is 2.01. The second kappa shape index (κ2) is 3.56. The first-order chi connectivity index (χ1) is 7.15. The second-order valence-electron chi connectivity index (χ2n) is 3.28. The first kappa shape index (κ1) is 9.45. The van der Waals surface area contributed by atoms with Gasteiger partial charge < -0.3 is 5.73 Å². The number of aromatic nitrogens is 4. The van der Waals surface area contributed by atoms with Gasteiger partial charge in [-0.1, -0.05) is 0 Å². The third-order valence-electron chi connectivity index (χ3n) is 1.98. The molecule has 2 aromatic rings. The molecule has 2 N–H and O–H groups in total. The maximum Gasteiger partial charge on any atom is 0.267 e. The van der Waals surface area contributed by atoms with Gasteiger partial charge in [0.15, 0.2) is 0 Å². The lowest BCUT2D eigenvalue weighted by Gasteiger charge is -2.01. The Morgan fingerprint density at radius 1 is 1.47 bits per heavy atom. The molecule has 0 aliphatic rings. The van der Waals surface area contributed by atoms with E-state index in [0.717, 1.165) is 5.56 Å². The molecule has 2 heterocycles. The minimum Gasteiger partial charge on any atom is -0.382 e. The lowest BCUT2D eigenvalue weighted by Crippen LogP contribution is -2.23. The number of rotatable bonds is 2. The summed E-state index contributed by atoms with van der Waals surface area (Å²) >= 11 is 0. The molecule has 0 aliphatic carbocycles. The summed E-state index contributed by atoms with van der Waals surface area (Å²) in [5.74, 6) is 0.332. The van der Waals surface area contributed by atoms with Gasteiger partial charge in [0.2, 0.25) is 0 Å². The number of nitrogen functional groups attached to an aromatic ring is 1. The van der Waals surface area contributed by atoms with Crippen molar-refractivity contribution in [2.75, 3.05) is 5.73 Å². The normalized spacial score (nSPS) is 10.5.